The molecule has 0 saturated carbocycles. The van der Waals surface area contributed by atoms with Crippen LogP contribution in [0.3, 0.4) is 0 Å². The summed E-state index contributed by atoms with van der Waals surface area (Å²) in [5.41, 5.74) is 4.04. The molecule has 4 heteroatoms. The van der Waals surface area contributed by atoms with E-state index in [9.17, 15) is 0 Å². The van der Waals surface area contributed by atoms with Crippen molar-refractivity contribution < 1.29 is 0 Å². The maximum absolute atomic E-state index is 5.69. The number of H-pyrrole nitrogens is 1. The largest absolute Gasteiger partial charge is 0.361 e. The highest BCUT2D eigenvalue weighted by atomic mass is 32.2. The summed E-state index contributed by atoms with van der Waals surface area (Å²) in [7, 11) is 0. The minimum Gasteiger partial charge on any atom is -0.361 e. The number of benzene rings is 2. The van der Waals surface area contributed by atoms with Crippen molar-refractivity contribution >= 4 is 22.9 Å². The Morgan fingerprint density at radius 2 is 2.09 bits per heavy atom. The molecule has 1 aromatic heterocycles. The van der Waals surface area contributed by atoms with Crippen LogP contribution in [0.2, 0.25) is 0 Å². The van der Waals surface area contributed by atoms with E-state index in [2.05, 4.69) is 64.6 Å². The van der Waals surface area contributed by atoms with Gasteiger partial charge in [0, 0.05) is 35.1 Å². The SMILES string of the molecule is NSc1cccc(C2CCN(Cc3c[nH]c4ccccc34)C2)c1. The number of aromatic nitrogens is 1. The molecule has 3 nitrogen and oxygen atoms in total. The first-order chi connectivity index (χ1) is 11.3. The maximum Gasteiger partial charge on any atom is 0.0457 e. The van der Waals surface area contributed by atoms with E-state index in [0.29, 0.717) is 5.92 Å². The van der Waals surface area contributed by atoms with Crippen molar-refractivity contribution in [2.45, 2.75) is 23.8 Å². The summed E-state index contributed by atoms with van der Waals surface area (Å²) >= 11 is 1.33. The Morgan fingerprint density at radius 3 is 3.00 bits per heavy atom. The molecular formula is C19H21N3S. The molecule has 0 bridgehead atoms. The van der Waals surface area contributed by atoms with Gasteiger partial charge in [-0.1, -0.05) is 30.3 Å². The van der Waals surface area contributed by atoms with Gasteiger partial charge < -0.3 is 4.98 Å². The van der Waals surface area contributed by atoms with E-state index in [1.54, 1.807) is 0 Å². The lowest BCUT2D eigenvalue weighted by molar-refractivity contribution is 0.328. The van der Waals surface area contributed by atoms with Crippen molar-refractivity contribution in [3.63, 3.8) is 0 Å². The van der Waals surface area contributed by atoms with Gasteiger partial charge in [-0.3, -0.25) is 10.0 Å². The zero-order chi connectivity index (χ0) is 15.6. The quantitative estimate of drug-likeness (QED) is 0.710. The van der Waals surface area contributed by atoms with Gasteiger partial charge in [0.05, 0.1) is 0 Å². The van der Waals surface area contributed by atoms with Crippen molar-refractivity contribution in [3.8, 4) is 0 Å². The number of likely N-dealkylation sites (tertiary alicyclic amines) is 1. The molecule has 118 valence electrons. The van der Waals surface area contributed by atoms with Crippen LogP contribution in [0.4, 0.5) is 0 Å². The molecule has 1 aliphatic rings. The number of hydrogen-bond donors (Lipinski definition) is 2. The topological polar surface area (TPSA) is 45.0 Å². The Labute approximate surface area is 141 Å². The predicted octanol–water partition coefficient (Wildman–Crippen LogP) is 4.12. The third kappa shape index (κ3) is 3.02. The number of nitrogens with one attached hydrogen (secondary N) is 1. The van der Waals surface area contributed by atoms with Crippen molar-refractivity contribution in [1.29, 1.82) is 0 Å². The van der Waals surface area contributed by atoms with Gasteiger partial charge in [0.2, 0.25) is 0 Å². The van der Waals surface area contributed by atoms with E-state index in [4.69, 9.17) is 5.14 Å². The van der Waals surface area contributed by atoms with Gasteiger partial charge in [-0.15, -0.1) is 0 Å². The van der Waals surface area contributed by atoms with E-state index < -0.39 is 0 Å². The zero-order valence-corrected chi connectivity index (χ0v) is 13.9. The van der Waals surface area contributed by atoms with Crippen LogP contribution in [0.25, 0.3) is 10.9 Å². The predicted molar refractivity (Wildman–Crippen MR) is 97.4 cm³/mol. The molecule has 3 aromatic rings. The summed E-state index contributed by atoms with van der Waals surface area (Å²) in [4.78, 5) is 7.09. The lowest BCUT2D eigenvalue weighted by Crippen LogP contribution is -2.19. The molecule has 0 radical (unpaired) electrons. The fourth-order valence-electron chi connectivity index (χ4n) is 3.59. The molecule has 23 heavy (non-hydrogen) atoms. The minimum atomic E-state index is 0.618. The molecule has 1 atom stereocenters. The van der Waals surface area contributed by atoms with Gasteiger partial charge in [0.15, 0.2) is 0 Å². The number of rotatable bonds is 4. The van der Waals surface area contributed by atoms with Crippen molar-refractivity contribution in [2.75, 3.05) is 13.1 Å². The van der Waals surface area contributed by atoms with Gasteiger partial charge in [-0.2, -0.15) is 0 Å². The summed E-state index contributed by atoms with van der Waals surface area (Å²) in [5.74, 6) is 0.618. The zero-order valence-electron chi connectivity index (χ0n) is 13.0. The van der Waals surface area contributed by atoms with Crippen molar-refractivity contribution in [3.05, 3.63) is 65.9 Å². The standard InChI is InChI=1S/C19H21N3S/c20-23-17-5-3-4-14(10-17)15-8-9-22(12-15)13-16-11-21-19-7-2-1-6-18(16)19/h1-7,10-11,15,21H,8-9,12-13,20H2. The molecule has 0 aliphatic carbocycles. The van der Waals surface area contributed by atoms with E-state index in [-0.39, 0.29) is 0 Å². The summed E-state index contributed by atoms with van der Waals surface area (Å²) in [6, 6.07) is 17.2. The van der Waals surface area contributed by atoms with Gasteiger partial charge >= 0.3 is 0 Å². The highest BCUT2D eigenvalue weighted by Gasteiger charge is 2.24. The third-order valence-electron chi connectivity index (χ3n) is 4.81. The monoisotopic (exact) mass is 323 g/mol. The van der Waals surface area contributed by atoms with Crippen LogP contribution in [0.1, 0.15) is 23.5 Å². The molecular weight excluding hydrogens is 302 g/mol. The number of aromatic amines is 1. The van der Waals surface area contributed by atoms with Crippen LogP contribution in [0.15, 0.2) is 59.6 Å². The summed E-state index contributed by atoms with van der Waals surface area (Å²) in [6.07, 6.45) is 3.38. The second kappa shape index (κ2) is 6.40. The number of nitrogens with zero attached hydrogens (tertiary/aromatic N) is 1. The Kier molecular flexibility index (Phi) is 4.12. The van der Waals surface area contributed by atoms with Crippen LogP contribution in [0.5, 0.6) is 0 Å². The van der Waals surface area contributed by atoms with Crippen molar-refractivity contribution in [1.82, 2.24) is 9.88 Å². The second-order valence-corrected chi connectivity index (χ2v) is 6.98. The Balaban J connectivity index is 1.48. The van der Waals surface area contributed by atoms with Gasteiger partial charge in [0.1, 0.15) is 0 Å². The number of para-hydroxylation sites is 1. The first-order valence-electron chi connectivity index (χ1n) is 8.07. The molecule has 3 N–H and O–H groups in total. The average molecular weight is 323 g/mol. The fourth-order valence-corrected chi connectivity index (χ4v) is 3.95. The maximum atomic E-state index is 5.69. The van der Waals surface area contributed by atoms with Crippen LogP contribution in [0, 0.1) is 0 Å². The molecule has 4 rings (SSSR count). The van der Waals surface area contributed by atoms with Crippen LogP contribution in [-0.2, 0) is 6.54 Å². The lowest BCUT2D eigenvalue weighted by Gasteiger charge is -2.16. The van der Waals surface area contributed by atoms with Gasteiger partial charge in [0.25, 0.3) is 0 Å². The van der Waals surface area contributed by atoms with Crippen molar-refractivity contribution in [2.24, 2.45) is 5.14 Å². The van der Waals surface area contributed by atoms with E-state index >= 15 is 0 Å². The smallest absolute Gasteiger partial charge is 0.0457 e. The van der Waals surface area contributed by atoms with E-state index in [0.717, 1.165) is 24.5 Å². The average Bonchev–Trinajstić information content (AvgIpc) is 3.23. The first kappa shape index (κ1) is 14.8. The lowest BCUT2D eigenvalue weighted by atomic mass is 9.99. The number of nitrogens with two attached hydrogens (primary N) is 1. The molecule has 2 aromatic carbocycles. The Bertz CT molecular complexity index is 811. The van der Waals surface area contributed by atoms with Crippen LogP contribution < -0.4 is 5.14 Å². The minimum absolute atomic E-state index is 0.618. The molecule has 1 fully saturated rings. The Morgan fingerprint density at radius 1 is 1.17 bits per heavy atom. The molecule has 2 heterocycles. The molecule has 1 saturated heterocycles. The molecule has 1 unspecified atom stereocenters. The normalized spacial score (nSPS) is 18.7. The molecule has 0 amide bonds. The Hall–Kier alpha value is -1.75. The molecule has 1 aliphatic heterocycles. The van der Waals surface area contributed by atoms with Gasteiger partial charge in [-0.05, 0) is 60.2 Å². The summed E-state index contributed by atoms with van der Waals surface area (Å²) in [5, 5.41) is 7.04. The van der Waals surface area contributed by atoms with Crippen LogP contribution in [-0.4, -0.2) is 23.0 Å². The highest BCUT2D eigenvalue weighted by Crippen LogP contribution is 2.30. The number of hydrogen-bond acceptors (Lipinski definition) is 3. The van der Waals surface area contributed by atoms with Crippen LogP contribution >= 0.6 is 11.9 Å². The molecule has 0 spiro atoms. The fraction of sp³-hybridized carbons (Fsp3) is 0.263. The summed E-state index contributed by atoms with van der Waals surface area (Å²) < 4.78 is 0. The summed E-state index contributed by atoms with van der Waals surface area (Å²) in [6.45, 7) is 3.30. The highest BCUT2D eigenvalue weighted by molar-refractivity contribution is 7.97. The number of fused-ring (bicyclic) bond motifs is 1. The second-order valence-electron chi connectivity index (χ2n) is 6.27. The third-order valence-corrected chi connectivity index (χ3v) is 5.33. The first-order valence-corrected chi connectivity index (χ1v) is 8.95. The van der Waals surface area contributed by atoms with Gasteiger partial charge in [-0.25, -0.2) is 0 Å². The van der Waals surface area contributed by atoms with E-state index in [1.165, 1.54) is 40.4 Å². The van der Waals surface area contributed by atoms with E-state index in [1.807, 2.05) is 0 Å².